The second kappa shape index (κ2) is 8.77. The molecule has 0 aliphatic rings. The van der Waals surface area contributed by atoms with E-state index < -0.39 is 5.60 Å². The van der Waals surface area contributed by atoms with Gasteiger partial charge in [-0.1, -0.05) is 119 Å². The van der Waals surface area contributed by atoms with E-state index >= 15 is 0 Å². The van der Waals surface area contributed by atoms with E-state index in [0.29, 0.717) is 6.42 Å². The lowest BCUT2D eigenvalue weighted by Crippen LogP contribution is -2.30. The molecule has 4 aromatic rings. The molecule has 2 heteroatoms. The SMILES string of the molecule is OC(C[C@@H](c1ccccc1)c1ccc(Br)cc1)(c1ccccc1)c1ccccc1. The first-order valence-electron chi connectivity index (χ1n) is 9.81. The summed E-state index contributed by atoms with van der Waals surface area (Å²) in [4.78, 5) is 0. The quantitative estimate of drug-likeness (QED) is 0.343. The molecule has 0 aromatic heterocycles. The molecule has 1 atom stereocenters. The summed E-state index contributed by atoms with van der Waals surface area (Å²) in [6.45, 7) is 0. The van der Waals surface area contributed by atoms with Crippen molar-refractivity contribution >= 4 is 15.9 Å². The van der Waals surface area contributed by atoms with Crippen molar-refractivity contribution in [3.05, 3.63) is 142 Å². The van der Waals surface area contributed by atoms with Crippen LogP contribution in [0.3, 0.4) is 0 Å². The molecular weight excluding hydrogens is 420 g/mol. The highest BCUT2D eigenvalue weighted by Crippen LogP contribution is 2.41. The van der Waals surface area contributed by atoms with E-state index in [-0.39, 0.29) is 5.92 Å². The zero-order valence-electron chi connectivity index (χ0n) is 16.1. The number of halogens is 1. The fourth-order valence-corrected chi connectivity index (χ4v) is 4.20. The Bertz CT molecular complexity index is 989. The van der Waals surface area contributed by atoms with Crippen molar-refractivity contribution < 1.29 is 5.11 Å². The van der Waals surface area contributed by atoms with Crippen LogP contribution in [0.2, 0.25) is 0 Å². The summed E-state index contributed by atoms with van der Waals surface area (Å²) in [6, 6.07) is 38.8. The molecule has 4 rings (SSSR count). The first kappa shape index (κ1) is 19.6. The predicted molar refractivity (Wildman–Crippen MR) is 123 cm³/mol. The van der Waals surface area contributed by atoms with Crippen molar-refractivity contribution in [2.45, 2.75) is 17.9 Å². The van der Waals surface area contributed by atoms with Gasteiger partial charge in [-0.05, 0) is 40.8 Å². The molecule has 0 bridgehead atoms. The molecule has 0 saturated heterocycles. The van der Waals surface area contributed by atoms with Gasteiger partial charge in [0.1, 0.15) is 5.60 Å². The molecular formula is C27H23BrO. The van der Waals surface area contributed by atoms with E-state index in [1.807, 2.05) is 66.7 Å². The molecule has 0 spiro atoms. The first-order chi connectivity index (χ1) is 14.2. The third kappa shape index (κ3) is 4.34. The Morgan fingerprint density at radius 1 is 0.586 bits per heavy atom. The third-order valence-corrected chi connectivity index (χ3v) is 6.01. The van der Waals surface area contributed by atoms with Gasteiger partial charge in [-0.2, -0.15) is 0 Å². The van der Waals surface area contributed by atoms with Gasteiger partial charge in [-0.3, -0.25) is 0 Å². The Balaban J connectivity index is 1.84. The fraction of sp³-hybridized carbons (Fsp3) is 0.111. The normalized spacial score (nSPS) is 12.5. The summed E-state index contributed by atoms with van der Waals surface area (Å²) in [6.07, 6.45) is 0.548. The minimum atomic E-state index is -1.10. The molecule has 1 N–H and O–H groups in total. The van der Waals surface area contributed by atoms with Crippen LogP contribution in [0.4, 0.5) is 0 Å². The van der Waals surface area contributed by atoms with Crippen LogP contribution in [0.25, 0.3) is 0 Å². The van der Waals surface area contributed by atoms with Crippen molar-refractivity contribution in [1.82, 2.24) is 0 Å². The maximum absolute atomic E-state index is 12.1. The van der Waals surface area contributed by atoms with Gasteiger partial charge in [0.25, 0.3) is 0 Å². The predicted octanol–water partition coefficient (Wildman–Crippen LogP) is 6.91. The monoisotopic (exact) mass is 442 g/mol. The Hall–Kier alpha value is -2.68. The highest BCUT2D eigenvalue weighted by Gasteiger charge is 2.35. The average molecular weight is 443 g/mol. The van der Waals surface area contributed by atoms with Crippen LogP contribution in [-0.2, 0) is 5.60 Å². The summed E-state index contributed by atoms with van der Waals surface area (Å²) in [5.41, 5.74) is 3.09. The number of hydrogen-bond donors (Lipinski definition) is 1. The highest BCUT2D eigenvalue weighted by molar-refractivity contribution is 9.10. The van der Waals surface area contributed by atoms with Gasteiger partial charge in [-0.15, -0.1) is 0 Å². The van der Waals surface area contributed by atoms with Crippen LogP contribution in [-0.4, -0.2) is 5.11 Å². The largest absolute Gasteiger partial charge is 0.380 e. The minimum Gasteiger partial charge on any atom is -0.380 e. The maximum Gasteiger partial charge on any atom is 0.115 e. The Morgan fingerprint density at radius 3 is 1.48 bits per heavy atom. The lowest BCUT2D eigenvalue weighted by atomic mass is 9.75. The number of rotatable bonds is 6. The van der Waals surface area contributed by atoms with Crippen LogP contribution < -0.4 is 0 Å². The smallest absolute Gasteiger partial charge is 0.115 e. The van der Waals surface area contributed by atoms with Crippen molar-refractivity contribution in [2.75, 3.05) is 0 Å². The van der Waals surface area contributed by atoms with Crippen LogP contribution in [0.5, 0.6) is 0 Å². The molecule has 4 aromatic carbocycles. The third-order valence-electron chi connectivity index (χ3n) is 5.48. The Labute approximate surface area is 180 Å². The average Bonchev–Trinajstić information content (AvgIpc) is 2.80. The van der Waals surface area contributed by atoms with Crippen molar-refractivity contribution in [3.8, 4) is 0 Å². The van der Waals surface area contributed by atoms with Crippen LogP contribution in [0.1, 0.15) is 34.6 Å². The Morgan fingerprint density at radius 2 is 1.00 bits per heavy atom. The molecule has 0 saturated carbocycles. The maximum atomic E-state index is 12.1. The molecule has 1 nitrogen and oxygen atoms in total. The highest BCUT2D eigenvalue weighted by atomic mass is 79.9. The minimum absolute atomic E-state index is 0.0507. The van der Waals surface area contributed by atoms with E-state index in [2.05, 4.69) is 64.5 Å². The standard InChI is InChI=1S/C27H23BrO/c28-25-18-16-22(17-19-25)26(21-10-4-1-5-11-21)20-27(29,23-12-6-2-7-13-23)24-14-8-3-9-15-24/h1-19,26,29H,20H2/t26-/m0/s1. The zero-order chi connectivity index (χ0) is 20.1. The van der Waals surface area contributed by atoms with Gasteiger partial charge in [0.05, 0.1) is 0 Å². The van der Waals surface area contributed by atoms with E-state index in [0.717, 1.165) is 15.6 Å². The molecule has 0 heterocycles. The number of aliphatic hydroxyl groups is 1. The summed E-state index contributed by atoms with van der Waals surface area (Å²) in [7, 11) is 0. The molecule has 0 aliphatic carbocycles. The van der Waals surface area contributed by atoms with E-state index in [1.54, 1.807) is 0 Å². The van der Waals surface area contributed by atoms with Crippen LogP contribution in [0, 0.1) is 0 Å². The lowest BCUT2D eigenvalue weighted by Gasteiger charge is -2.34. The summed E-state index contributed by atoms with van der Waals surface area (Å²) in [5.74, 6) is 0.0507. The number of benzene rings is 4. The van der Waals surface area contributed by atoms with Crippen LogP contribution in [0.15, 0.2) is 120 Å². The molecule has 144 valence electrons. The summed E-state index contributed by atoms with van der Waals surface area (Å²) >= 11 is 3.54. The second-order valence-electron chi connectivity index (χ2n) is 7.31. The summed E-state index contributed by atoms with van der Waals surface area (Å²) in [5, 5.41) is 12.1. The molecule has 0 aliphatic heterocycles. The fourth-order valence-electron chi connectivity index (χ4n) is 3.93. The van der Waals surface area contributed by atoms with Crippen molar-refractivity contribution in [1.29, 1.82) is 0 Å². The lowest BCUT2D eigenvalue weighted by molar-refractivity contribution is 0.0664. The molecule has 0 unspecified atom stereocenters. The van der Waals surface area contributed by atoms with Gasteiger partial charge in [0.2, 0.25) is 0 Å². The number of hydrogen-bond acceptors (Lipinski definition) is 1. The second-order valence-corrected chi connectivity index (χ2v) is 8.23. The van der Waals surface area contributed by atoms with E-state index in [4.69, 9.17) is 0 Å². The van der Waals surface area contributed by atoms with Gasteiger partial charge in [0.15, 0.2) is 0 Å². The van der Waals surface area contributed by atoms with Crippen LogP contribution >= 0.6 is 15.9 Å². The molecule has 0 fully saturated rings. The van der Waals surface area contributed by atoms with Gasteiger partial charge in [0, 0.05) is 10.4 Å². The first-order valence-corrected chi connectivity index (χ1v) is 10.6. The molecule has 0 amide bonds. The topological polar surface area (TPSA) is 20.2 Å². The molecule has 0 radical (unpaired) electrons. The Kier molecular flexibility index (Phi) is 5.94. The zero-order valence-corrected chi connectivity index (χ0v) is 17.7. The van der Waals surface area contributed by atoms with Gasteiger partial charge in [-0.25, -0.2) is 0 Å². The van der Waals surface area contributed by atoms with E-state index in [1.165, 1.54) is 11.1 Å². The van der Waals surface area contributed by atoms with Crippen molar-refractivity contribution in [3.63, 3.8) is 0 Å². The van der Waals surface area contributed by atoms with Crippen molar-refractivity contribution in [2.24, 2.45) is 0 Å². The van der Waals surface area contributed by atoms with Gasteiger partial charge < -0.3 is 5.11 Å². The van der Waals surface area contributed by atoms with E-state index in [9.17, 15) is 5.11 Å². The summed E-state index contributed by atoms with van der Waals surface area (Å²) < 4.78 is 1.05. The molecule has 29 heavy (non-hydrogen) atoms. The van der Waals surface area contributed by atoms with Gasteiger partial charge >= 0.3 is 0 Å².